The van der Waals surface area contributed by atoms with Crippen molar-refractivity contribution in [2.24, 2.45) is 17.2 Å². The van der Waals surface area contributed by atoms with Gasteiger partial charge in [-0.05, 0) is 64.5 Å². The number of hydrogen-bond donors (Lipinski definition) is 6. The van der Waals surface area contributed by atoms with E-state index in [1.807, 2.05) is 0 Å². The van der Waals surface area contributed by atoms with Crippen LogP contribution in [0.5, 0.6) is 0 Å². The Morgan fingerprint density at radius 2 is 1.08 bits per heavy atom. The van der Waals surface area contributed by atoms with E-state index in [0.29, 0.717) is 51.7 Å². The molecule has 0 aliphatic heterocycles. The maximum atomic E-state index is 12.7. The van der Waals surface area contributed by atoms with E-state index in [9.17, 15) is 19.2 Å². The quantitative estimate of drug-likeness (QED) is 0.0916. The number of carbonyl (C=O) groups excluding carboxylic acids is 4. The number of rotatable bonds is 26. The highest BCUT2D eigenvalue weighted by atomic mass is 16.2. The molecule has 0 saturated heterocycles. The van der Waals surface area contributed by atoms with E-state index >= 15 is 0 Å². The molecule has 10 nitrogen and oxygen atoms in total. The van der Waals surface area contributed by atoms with Crippen LogP contribution in [0.1, 0.15) is 122 Å². The third-order valence-electron chi connectivity index (χ3n) is 6.61. The zero-order valence-corrected chi connectivity index (χ0v) is 23.9. The third kappa shape index (κ3) is 20.8. The molecule has 0 radical (unpaired) electrons. The van der Waals surface area contributed by atoms with E-state index in [1.54, 1.807) is 0 Å². The SMILES string of the molecule is CCCCCCCCCCCC(=O)N[C@@H](CCCCN)C(=O)NCCCC(=O)N[C@@H](CCCCN)C(N)=O. The fourth-order valence-corrected chi connectivity index (χ4v) is 4.25. The molecule has 0 heterocycles. The Morgan fingerprint density at radius 1 is 0.605 bits per heavy atom. The Hall–Kier alpha value is -2.20. The lowest BCUT2D eigenvalue weighted by Crippen LogP contribution is -2.47. The van der Waals surface area contributed by atoms with E-state index < -0.39 is 18.0 Å². The monoisotopic (exact) mass is 540 g/mol. The highest BCUT2D eigenvalue weighted by molar-refractivity contribution is 5.88. The standard InChI is InChI=1S/C28H56N6O4/c1-2-3-4-5-6-7-8-9-10-18-25(35)34-24(17-12-14-21-30)28(38)32-22-15-19-26(36)33-23(27(31)37)16-11-13-20-29/h23-24H,2-22,29-30H2,1H3,(H2,31,37)(H,32,38)(H,33,36)(H,34,35)/t23-,24-/m0/s1. The molecule has 0 bridgehead atoms. The predicted octanol–water partition coefficient (Wildman–Crippen LogP) is 2.52. The molecule has 4 amide bonds. The van der Waals surface area contributed by atoms with Crippen molar-refractivity contribution in [3.8, 4) is 0 Å². The largest absolute Gasteiger partial charge is 0.368 e. The first-order chi connectivity index (χ1) is 18.3. The van der Waals surface area contributed by atoms with Crippen molar-refractivity contribution in [1.82, 2.24) is 16.0 Å². The number of primary amides is 1. The summed E-state index contributed by atoms with van der Waals surface area (Å²) in [5, 5.41) is 8.36. The third-order valence-corrected chi connectivity index (χ3v) is 6.61. The second-order valence-electron chi connectivity index (χ2n) is 10.2. The minimum Gasteiger partial charge on any atom is -0.368 e. The van der Waals surface area contributed by atoms with E-state index in [2.05, 4.69) is 22.9 Å². The van der Waals surface area contributed by atoms with Crippen molar-refractivity contribution in [1.29, 1.82) is 0 Å². The number of nitrogens with one attached hydrogen (secondary N) is 3. The van der Waals surface area contributed by atoms with Gasteiger partial charge in [0.1, 0.15) is 12.1 Å². The summed E-state index contributed by atoms with van der Waals surface area (Å²) in [5.74, 6) is -1.21. The number of nitrogens with two attached hydrogens (primary N) is 3. The van der Waals surface area contributed by atoms with Gasteiger partial charge in [-0.2, -0.15) is 0 Å². The van der Waals surface area contributed by atoms with E-state index in [0.717, 1.165) is 38.5 Å². The first-order valence-corrected chi connectivity index (χ1v) is 14.9. The topological polar surface area (TPSA) is 182 Å². The number of carbonyl (C=O) groups is 4. The summed E-state index contributed by atoms with van der Waals surface area (Å²) in [6.45, 7) is 3.57. The van der Waals surface area contributed by atoms with Crippen molar-refractivity contribution in [3.05, 3.63) is 0 Å². The van der Waals surface area contributed by atoms with Crippen LogP contribution in [0, 0.1) is 0 Å². The first-order valence-electron chi connectivity index (χ1n) is 14.9. The molecule has 0 aromatic heterocycles. The number of unbranched alkanes of at least 4 members (excludes halogenated alkanes) is 10. The molecule has 0 aromatic rings. The van der Waals surface area contributed by atoms with Gasteiger partial charge in [0, 0.05) is 19.4 Å². The maximum absolute atomic E-state index is 12.7. The van der Waals surface area contributed by atoms with Gasteiger partial charge in [0.05, 0.1) is 0 Å². The molecule has 0 rings (SSSR count). The highest BCUT2D eigenvalue weighted by Gasteiger charge is 2.20. The van der Waals surface area contributed by atoms with Crippen LogP contribution in [-0.2, 0) is 19.2 Å². The first kappa shape index (κ1) is 35.8. The van der Waals surface area contributed by atoms with Crippen LogP contribution in [0.2, 0.25) is 0 Å². The zero-order valence-electron chi connectivity index (χ0n) is 23.9. The molecule has 0 unspecified atom stereocenters. The maximum Gasteiger partial charge on any atom is 0.242 e. The molecule has 2 atom stereocenters. The second-order valence-corrected chi connectivity index (χ2v) is 10.2. The van der Waals surface area contributed by atoms with Crippen LogP contribution in [0.15, 0.2) is 0 Å². The molecule has 38 heavy (non-hydrogen) atoms. The van der Waals surface area contributed by atoms with Gasteiger partial charge < -0.3 is 33.2 Å². The molecule has 0 aromatic carbocycles. The lowest BCUT2D eigenvalue weighted by Gasteiger charge is -2.19. The van der Waals surface area contributed by atoms with Crippen molar-refractivity contribution < 1.29 is 19.2 Å². The minimum atomic E-state index is -0.712. The Kier molecular flexibility index (Phi) is 23.6. The molecular weight excluding hydrogens is 484 g/mol. The lowest BCUT2D eigenvalue weighted by atomic mass is 10.1. The van der Waals surface area contributed by atoms with Gasteiger partial charge in [0.25, 0.3) is 0 Å². The van der Waals surface area contributed by atoms with E-state index in [4.69, 9.17) is 17.2 Å². The smallest absolute Gasteiger partial charge is 0.242 e. The Morgan fingerprint density at radius 3 is 1.61 bits per heavy atom. The molecule has 0 saturated carbocycles. The summed E-state index contributed by atoms with van der Waals surface area (Å²) >= 11 is 0. The van der Waals surface area contributed by atoms with Gasteiger partial charge in [-0.3, -0.25) is 19.2 Å². The minimum absolute atomic E-state index is 0.104. The van der Waals surface area contributed by atoms with Crippen molar-refractivity contribution in [3.63, 3.8) is 0 Å². The van der Waals surface area contributed by atoms with E-state index in [-0.39, 0.29) is 24.1 Å². The Bertz CT molecular complexity index is 647. The fourth-order valence-electron chi connectivity index (χ4n) is 4.25. The van der Waals surface area contributed by atoms with Gasteiger partial charge in [-0.1, -0.05) is 58.3 Å². The van der Waals surface area contributed by atoms with Crippen LogP contribution < -0.4 is 33.2 Å². The molecule has 0 aliphatic rings. The molecule has 0 aliphatic carbocycles. The molecule has 10 heteroatoms. The number of hydrogen-bond acceptors (Lipinski definition) is 6. The summed E-state index contributed by atoms with van der Waals surface area (Å²) in [7, 11) is 0. The van der Waals surface area contributed by atoms with Crippen LogP contribution in [0.25, 0.3) is 0 Å². The van der Waals surface area contributed by atoms with Gasteiger partial charge in [0.15, 0.2) is 0 Å². The Balaban J connectivity index is 4.33. The summed E-state index contributed by atoms with van der Waals surface area (Å²) in [6.07, 6.45) is 15.6. The average Bonchev–Trinajstić information content (AvgIpc) is 2.89. The lowest BCUT2D eigenvalue weighted by molar-refractivity contribution is -0.129. The van der Waals surface area contributed by atoms with Gasteiger partial charge in [0.2, 0.25) is 23.6 Å². The van der Waals surface area contributed by atoms with Crippen molar-refractivity contribution in [2.75, 3.05) is 19.6 Å². The van der Waals surface area contributed by atoms with Gasteiger partial charge in [-0.15, -0.1) is 0 Å². The van der Waals surface area contributed by atoms with Gasteiger partial charge >= 0.3 is 0 Å². The second kappa shape index (κ2) is 25.1. The van der Waals surface area contributed by atoms with E-state index in [1.165, 1.54) is 38.5 Å². The van der Waals surface area contributed by atoms with Crippen LogP contribution in [0.3, 0.4) is 0 Å². The molecule has 9 N–H and O–H groups in total. The average molecular weight is 541 g/mol. The molecule has 222 valence electrons. The van der Waals surface area contributed by atoms with Gasteiger partial charge in [-0.25, -0.2) is 0 Å². The highest BCUT2D eigenvalue weighted by Crippen LogP contribution is 2.11. The molecule has 0 fully saturated rings. The summed E-state index contributed by atoms with van der Waals surface area (Å²) in [4.78, 5) is 48.9. The van der Waals surface area contributed by atoms with Crippen LogP contribution in [0.4, 0.5) is 0 Å². The normalized spacial score (nSPS) is 12.5. The predicted molar refractivity (Wildman–Crippen MR) is 153 cm³/mol. The zero-order chi connectivity index (χ0) is 28.4. The summed E-state index contributed by atoms with van der Waals surface area (Å²) < 4.78 is 0. The fraction of sp³-hybridized carbons (Fsp3) is 0.857. The number of amides is 4. The van der Waals surface area contributed by atoms with Crippen LogP contribution in [-0.4, -0.2) is 55.3 Å². The van der Waals surface area contributed by atoms with Crippen LogP contribution >= 0.6 is 0 Å². The van der Waals surface area contributed by atoms with Crippen molar-refractivity contribution >= 4 is 23.6 Å². The summed E-state index contributed by atoms with van der Waals surface area (Å²) in [6, 6.07) is -1.32. The van der Waals surface area contributed by atoms with Crippen molar-refractivity contribution in [2.45, 2.75) is 135 Å². The summed E-state index contributed by atoms with van der Waals surface area (Å²) in [5.41, 5.74) is 16.4. The molecular formula is C28H56N6O4. The molecule has 0 spiro atoms. The Labute approximate surface area is 230 Å².